The molecule has 0 amide bonds. The summed E-state index contributed by atoms with van der Waals surface area (Å²) in [6, 6.07) is 5.19. The largest absolute Gasteiger partial charge is 0.396 e. The van der Waals surface area contributed by atoms with Gasteiger partial charge in [0.25, 0.3) is 0 Å². The third-order valence-corrected chi connectivity index (χ3v) is 4.19. The first-order valence-corrected chi connectivity index (χ1v) is 8.06. The molecule has 0 aromatic heterocycles. The predicted octanol–water partition coefficient (Wildman–Crippen LogP) is 1.53. The van der Waals surface area contributed by atoms with Gasteiger partial charge in [0.1, 0.15) is 0 Å². The number of nitrogen functional groups attached to an aromatic ring is 1. The average molecular weight is 286 g/mol. The van der Waals surface area contributed by atoms with Crippen molar-refractivity contribution in [1.29, 1.82) is 0 Å². The maximum atomic E-state index is 11.7. The van der Waals surface area contributed by atoms with Crippen molar-refractivity contribution in [2.45, 2.75) is 24.8 Å². The van der Waals surface area contributed by atoms with Crippen LogP contribution in [0.1, 0.15) is 13.8 Å². The van der Waals surface area contributed by atoms with Crippen molar-refractivity contribution in [2.24, 2.45) is 0 Å². The van der Waals surface area contributed by atoms with Crippen molar-refractivity contribution in [3.63, 3.8) is 0 Å². The fourth-order valence-electron chi connectivity index (χ4n) is 2.16. The first-order valence-electron chi connectivity index (χ1n) is 6.17. The summed E-state index contributed by atoms with van der Waals surface area (Å²) in [7, 11) is -1.68. The highest BCUT2D eigenvalue weighted by Gasteiger charge is 2.20. The molecule has 1 atom stereocenters. The number of ether oxygens (including phenoxy) is 1. The van der Waals surface area contributed by atoms with Crippen LogP contribution in [0.4, 0.5) is 11.4 Å². The standard InChI is InChI=1S/C13H22N2O3S/c1-5-15(10(2)9-18-3)11-7-6-8-12(13(11)14)19(4,16)17/h6-8,10H,5,9,14H2,1-4H3. The maximum Gasteiger partial charge on any atom is 0.177 e. The van der Waals surface area contributed by atoms with Gasteiger partial charge in [0.2, 0.25) is 0 Å². The van der Waals surface area contributed by atoms with E-state index in [0.29, 0.717) is 12.3 Å². The maximum absolute atomic E-state index is 11.7. The zero-order valence-corrected chi connectivity index (χ0v) is 12.7. The fraction of sp³-hybridized carbons (Fsp3) is 0.538. The van der Waals surface area contributed by atoms with Crippen LogP contribution in [0.2, 0.25) is 0 Å². The van der Waals surface area contributed by atoms with Crippen LogP contribution in [0.5, 0.6) is 0 Å². The molecule has 0 saturated heterocycles. The van der Waals surface area contributed by atoms with Crippen molar-refractivity contribution < 1.29 is 13.2 Å². The Hall–Kier alpha value is -1.27. The number of rotatable bonds is 6. The molecule has 0 aliphatic heterocycles. The second-order valence-electron chi connectivity index (χ2n) is 4.55. The Balaban J connectivity index is 3.26. The molecule has 1 rings (SSSR count). The number of anilines is 2. The highest BCUT2D eigenvalue weighted by Crippen LogP contribution is 2.30. The van der Waals surface area contributed by atoms with E-state index in [1.807, 2.05) is 24.8 Å². The van der Waals surface area contributed by atoms with Gasteiger partial charge in [-0.1, -0.05) is 6.07 Å². The number of sulfone groups is 1. The Kier molecular flexibility index (Phi) is 5.20. The lowest BCUT2D eigenvalue weighted by molar-refractivity contribution is 0.182. The van der Waals surface area contributed by atoms with Crippen LogP contribution in [0.25, 0.3) is 0 Å². The van der Waals surface area contributed by atoms with Gasteiger partial charge in [-0.2, -0.15) is 0 Å². The smallest absolute Gasteiger partial charge is 0.177 e. The predicted molar refractivity (Wildman–Crippen MR) is 78.3 cm³/mol. The summed E-state index contributed by atoms with van der Waals surface area (Å²) in [6.45, 7) is 5.29. The van der Waals surface area contributed by atoms with E-state index in [4.69, 9.17) is 10.5 Å². The minimum absolute atomic E-state index is 0.118. The number of para-hydroxylation sites is 1. The molecule has 0 radical (unpaired) electrons. The second-order valence-corrected chi connectivity index (χ2v) is 6.54. The van der Waals surface area contributed by atoms with Crippen LogP contribution in [-0.4, -0.2) is 41.0 Å². The van der Waals surface area contributed by atoms with Crippen LogP contribution < -0.4 is 10.6 Å². The van der Waals surface area contributed by atoms with Gasteiger partial charge in [-0.25, -0.2) is 8.42 Å². The zero-order chi connectivity index (χ0) is 14.6. The van der Waals surface area contributed by atoms with Crippen LogP contribution in [0, 0.1) is 0 Å². The summed E-state index contributed by atoms with van der Waals surface area (Å²) < 4.78 is 28.5. The summed E-state index contributed by atoms with van der Waals surface area (Å²) in [6.07, 6.45) is 1.16. The van der Waals surface area contributed by atoms with Crippen molar-refractivity contribution in [1.82, 2.24) is 0 Å². The Morgan fingerprint density at radius 3 is 2.53 bits per heavy atom. The molecule has 19 heavy (non-hydrogen) atoms. The van der Waals surface area contributed by atoms with Gasteiger partial charge in [-0.3, -0.25) is 0 Å². The van der Waals surface area contributed by atoms with Crippen molar-refractivity contribution >= 4 is 21.2 Å². The number of nitrogens with two attached hydrogens (primary N) is 1. The lowest BCUT2D eigenvalue weighted by Gasteiger charge is -2.31. The third kappa shape index (κ3) is 3.61. The highest BCUT2D eigenvalue weighted by atomic mass is 32.2. The van der Waals surface area contributed by atoms with Gasteiger partial charge in [0.05, 0.1) is 22.9 Å². The molecule has 0 bridgehead atoms. The lowest BCUT2D eigenvalue weighted by Crippen LogP contribution is -2.36. The average Bonchev–Trinajstić information content (AvgIpc) is 2.31. The number of hydrogen-bond acceptors (Lipinski definition) is 5. The van der Waals surface area contributed by atoms with E-state index in [1.165, 1.54) is 6.07 Å². The molecular formula is C13H22N2O3S. The van der Waals surface area contributed by atoms with E-state index in [2.05, 4.69) is 0 Å². The van der Waals surface area contributed by atoms with Crippen LogP contribution in [0.3, 0.4) is 0 Å². The first kappa shape index (κ1) is 15.8. The number of hydrogen-bond donors (Lipinski definition) is 1. The molecule has 0 aliphatic carbocycles. The summed E-state index contributed by atoms with van der Waals surface area (Å²) in [5.74, 6) is 0. The third-order valence-electron chi connectivity index (χ3n) is 3.03. The number of methoxy groups -OCH3 is 1. The molecule has 1 aromatic carbocycles. The van der Waals surface area contributed by atoms with Gasteiger partial charge in [-0.15, -0.1) is 0 Å². The van der Waals surface area contributed by atoms with E-state index in [-0.39, 0.29) is 10.9 Å². The molecule has 1 aromatic rings. The van der Waals surface area contributed by atoms with Crippen LogP contribution in [0.15, 0.2) is 23.1 Å². The molecule has 0 fully saturated rings. The molecule has 6 heteroatoms. The van der Waals surface area contributed by atoms with E-state index < -0.39 is 9.84 Å². The molecule has 0 heterocycles. The molecule has 108 valence electrons. The highest BCUT2D eigenvalue weighted by molar-refractivity contribution is 7.90. The molecule has 0 aliphatic rings. The summed E-state index contributed by atoms with van der Waals surface area (Å²) in [4.78, 5) is 2.21. The molecule has 1 unspecified atom stereocenters. The first-order chi connectivity index (χ1) is 8.82. The van der Waals surface area contributed by atoms with E-state index in [9.17, 15) is 8.42 Å². The molecule has 2 N–H and O–H groups in total. The lowest BCUT2D eigenvalue weighted by atomic mass is 10.2. The Bertz CT molecular complexity index is 529. The second kappa shape index (κ2) is 6.25. The van der Waals surface area contributed by atoms with Gasteiger partial charge >= 0.3 is 0 Å². The van der Waals surface area contributed by atoms with Gasteiger partial charge in [0, 0.05) is 26.0 Å². The minimum atomic E-state index is -3.32. The summed E-state index contributed by atoms with van der Waals surface area (Å²) in [5.41, 5.74) is 7.05. The SMILES string of the molecule is CCN(c1cccc(S(C)(=O)=O)c1N)C(C)COC. The summed E-state index contributed by atoms with van der Waals surface area (Å²) >= 11 is 0. The zero-order valence-electron chi connectivity index (χ0n) is 11.9. The molecule has 5 nitrogen and oxygen atoms in total. The van der Waals surface area contributed by atoms with E-state index >= 15 is 0 Å². The van der Waals surface area contributed by atoms with Gasteiger partial charge in [-0.05, 0) is 26.0 Å². The number of nitrogens with zero attached hydrogens (tertiary/aromatic N) is 1. The Labute approximate surface area is 115 Å². The number of likely N-dealkylation sites (N-methyl/N-ethyl adjacent to an activating group) is 1. The number of benzene rings is 1. The van der Waals surface area contributed by atoms with Crippen molar-refractivity contribution in [3.05, 3.63) is 18.2 Å². The monoisotopic (exact) mass is 286 g/mol. The molecule has 0 saturated carbocycles. The Morgan fingerprint density at radius 1 is 1.42 bits per heavy atom. The topological polar surface area (TPSA) is 72.6 Å². The van der Waals surface area contributed by atoms with Crippen LogP contribution in [-0.2, 0) is 14.6 Å². The van der Waals surface area contributed by atoms with Gasteiger partial charge in [0.15, 0.2) is 9.84 Å². The molecular weight excluding hydrogens is 264 g/mol. The van der Waals surface area contributed by atoms with Crippen molar-refractivity contribution in [2.75, 3.05) is 37.2 Å². The quantitative estimate of drug-likeness (QED) is 0.803. The Morgan fingerprint density at radius 2 is 2.05 bits per heavy atom. The van der Waals surface area contributed by atoms with E-state index in [0.717, 1.165) is 18.5 Å². The van der Waals surface area contributed by atoms with Gasteiger partial charge < -0.3 is 15.4 Å². The summed E-state index contributed by atoms with van der Waals surface area (Å²) in [5, 5.41) is 0. The molecule has 0 spiro atoms. The van der Waals surface area contributed by atoms with Crippen LogP contribution >= 0.6 is 0 Å². The normalized spacial score (nSPS) is 13.3. The minimum Gasteiger partial charge on any atom is -0.396 e. The van der Waals surface area contributed by atoms with E-state index in [1.54, 1.807) is 13.2 Å². The fourth-order valence-corrected chi connectivity index (χ4v) is 2.99. The van der Waals surface area contributed by atoms with Crippen molar-refractivity contribution in [3.8, 4) is 0 Å².